The second-order valence-corrected chi connectivity index (χ2v) is 11.6. The van der Waals surface area contributed by atoms with Crippen molar-refractivity contribution in [3.63, 3.8) is 0 Å². The Morgan fingerprint density at radius 1 is 0.821 bits per heavy atom. The van der Waals surface area contributed by atoms with E-state index in [1.807, 2.05) is 37.3 Å². The molecular weight excluding hydrogens is 532 g/mol. The SMILES string of the molecule is Cc1cc(C)c(S(=O)(=O)N[C@H](Cc2ccccc2)C(=O)Nc2ccc(Cl)cc2C(=O)c2ccccc2)c(C)c1. The van der Waals surface area contributed by atoms with Crippen molar-refractivity contribution in [1.29, 1.82) is 0 Å². The first-order valence-corrected chi connectivity index (χ1v) is 14.3. The molecule has 0 saturated heterocycles. The highest BCUT2D eigenvalue weighted by Gasteiger charge is 2.29. The van der Waals surface area contributed by atoms with Crippen LogP contribution in [0.5, 0.6) is 0 Å². The molecule has 0 fully saturated rings. The zero-order valence-electron chi connectivity index (χ0n) is 21.9. The second-order valence-electron chi connectivity index (χ2n) is 9.47. The van der Waals surface area contributed by atoms with Crippen molar-refractivity contribution in [2.75, 3.05) is 5.32 Å². The summed E-state index contributed by atoms with van der Waals surface area (Å²) in [4.78, 5) is 27.1. The molecule has 6 nitrogen and oxygen atoms in total. The van der Waals surface area contributed by atoms with Crippen molar-refractivity contribution < 1.29 is 18.0 Å². The van der Waals surface area contributed by atoms with E-state index in [-0.39, 0.29) is 28.4 Å². The minimum atomic E-state index is -4.07. The smallest absolute Gasteiger partial charge is 0.242 e. The van der Waals surface area contributed by atoms with E-state index in [1.54, 1.807) is 68.4 Å². The van der Waals surface area contributed by atoms with Crippen LogP contribution in [-0.4, -0.2) is 26.2 Å². The number of carbonyl (C=O) groups is 2. The number of hydrogen-bond acceptors (Lipinski definition) is 4. The molecule has 0 spiro atoms. The third kappa shape index (κ3) is 6.81. The molecule has 0 heterocycles. The summed E-state index contributed by atoms with van der Waals surface area (Å²) < 4.78 is 29.8. The van der Waals surface area contributed by atoms with Crippen LogP contribution < -0.4 is 10.0 Å². The van der Waals surface area contributed by atoms with Gasteiger partial charge in [-0.05, 0) is 62.1 Å². The van der Waals surface area contributed by atoms with Gasteiger partial charge in [-0.1, -0.05) is 90.0 Å². The fourth-order valence-electron chi connectivity index (χ4n) is 4.65. The molecule has 0 aliphatic carbocycles. The van der Waals surface area contributed by atoms with Gasteiger partial charge in [-0.25, -0.2) is 8.42 Å². The molecular formula is C31H29ClN2O4S. The topological polar surface area (TPSA) is 92.3 Å². The lowest BCUT2D eigenvalue weighted by atomic mass is 10.0. The van der Waals surface area contributed by atoms with E-state index in [1.165, 1.54) is 6.07 Å². The number of amides is 1. The molecule has 200 valence electrons. The summed E-state index contributed by atoms with van der Waals surface area (Å²) in [5.41, 5.74) is 3.77. The van der Waals surface area contributed by atoms with E-state index in [2.05, 4.69) is 10.0 Å². The highest BCUT2D eigenvalue weighted by molar-refractivity contribution is 7.89. The average molecular weight is 561 g/mol. The Bertz CT molecular complexity index is 1600. The first kappa shape index (κ1) is 28.2. The van der Waals surface area contributed by atoms with E-state index in [4.69, 9.17) is 11.6 Å². The number of benzene rings is 4. The van der Waals surface area contributed by atoms with E-state index in [9.17, 15) is 18.0 Å². The van der Waals surface area contributed by atoms with Crippen LogP contribution in [0.25, 0.3) is 0 Å². The maximum Gasteiger partial charge on any atom is 0.242 e. The number of carbonyl (C=O) groups excluding carboxylic acids is 2. The average Bonchev–Trinajstić information content (AvgIpc) is 2.89. The Morgan fingerprint density at radius 3 is 2.03 bits per heavy atom. The fourth-order valence-corrected chi connectivity index (χ4v) is 6.47. The van der Waals surface area contributed by atoms with Gasteiger partial charge in [0, 0.05) is 16.1 Å². The number of anilines is 1. The Labute approximate surface area is 234 Å². The van der Waals surface area contributed by atoms with Gasteiger partial charge < -0.3 is 5.32 Å². The van der Waals surface area contributed by atoms with Crippen LogP contribution in [0.3, 0.4) is 0 Å². The van der Waals surface area contributed by atoms with Crippen molar-refractivity contribution in [3.05, 3.63) is 129 Å². The van der Waals surface area contributed by atoms with Crippen LogP contribution in [0, 0.1) is 20.8 Å². The number of hydrogen-bond donors (Lipinski definition) is 2. The summed E-state index contributed by atoms with van der Waals surface area (Å²) in [5, 5.41) is 3.11. The normalized spacial score (nSPS) is 12.1. The Morgan fingerprint density at radius 2 is 1.41 bits per heavy atom. The van der Waals surface area contributed by atoms with Crippen LogP contribution in [0.1, 0.15) is 38.2 Å². The number of sulfonamides is 1. The van der Waals surface area contributed by atoms with Gasteiger partial charge in [-0.2, -0.15) is 4.72 Å². The molecule has 0 aliphatic heterocycles. The molecule has 1 atom stereocenters. The van der Waals surface area contributed by atoms with Gasteiger partial charge in [0.25, 0.3) is 0 Å². The second kappa shape index (κ2) is 11.9. The molecule has 2 N–H and O–H groups in total. The molecule has 39 heavy (non-hydrogen) atoms. The lowest BCUT2D eigenvalue weighted by Gasteiger charge is -2.21. The predicted molar refractivity (Wildman–Crippen MR) is 155 cm³/mol. The molecule has 0 radical (unpaired) electrons. The molecule has 0 unspecified atom stereocenters. The van der Waals surface area contributed by atoms with Crippen molar-refractivity contribution in [3.8, 4) is 0 Å². The van der Waals surface area contributed by atoms with Crippen LogP contribution in [0.15, 0.2) is 95.9 Å². The molecule has 0 bridgehead atoms. The molecule has 0 saturated carbocycles. The monoisotopic (exact) mass is 560 g/mol. The lowest BCUT2D eigenvalue weighted by Crippen LogP contribution is -2.45. The van der Waals surface area contributed by atoms with Gasteiger partial charge in [0.2, 0.25) is 15.9 Å². The van der Waals surface area contributed by atoms with E-state index >= 15 is 0 Å². The van der Waals surface area contributed by atoms with Crippen molar-refractivity contribution in [2.45, 2.75) is 38.1 Å². The van der Waals surface area contributed by atoms with Crippen LogP contribution in [0.2, 0.25) is 5.02 Å². The van der Waals surface area contributed by atoms with Crippen molar-refractivity contribution in [2.24, 2.45) is 0 Å². The van der Waals surface area contributed by atoms with Gasteiger partial charge >= 0.3 is 0 Å². The van der Waals surface area contributed by atoms with E-state index in [0.29, 0.717) is 21.7 Å². The molecule has 0 aromatic heterocycles. The summed E-state index contributed by atoms with van der Waals surface area (Å²) in [7, 11) is -4.07. The summed E-state index contributed by atoms with van der Waals surface area (Å²) in [6, 6.07) is 24.8. The predicted octanol–water partition coefficient (Wildman–Crippen LogP) is 6.02. The highest BCUT2D eigenvalue weighted by atomic mass is 35.5. The minimum Gasteiger partial charge on any atom is -0.324 e. The molecule has 4 aromatic carbocycles. The Hall–Kier alpha value is -3.78. The van der Waals surface area contributed by atoms with Gasteiger partial charge in [0.1, 0.15) is 6.04 Å². The minimum absolute atomic E-state index is 0.103. The number of halogens is 1. The highest BCUT2D eigenvalue weighted by Crippen LogP contribution is 2.25. The zero-order valence-corrected chi connectivity index (χ0v) is 23.4. The first-order chi connectivity index (χ1) is 18.5. The standard InChI is InChI=1S/C31H29ClN2O4S/c1-20-16-21(2)30(22(3)17-20)39(37,38)34-28(18-23-10-6-4-7-11-23)31(36)33-27-15-14-25(32)19-26(27)29(35)24-12-8-5-9-13-24/h4-17,19,28,34H,18H2,1-3H3,(H,33,36)/t28-/m1/s1. The van der Waals surface area contributed by atoms with Crippen LogP contribution in [-0.2, 0) is 21.2 Å². The van der Waals surface area contributed by atoms with Gasteiger partial charge in [-0.3, -0.25) is 9.59 Å². The number of nitrogens with one attached hydrogen (secondary N) is 2. The molecule has 4 rings (SSSR count). The third-order valence-corrected chi connectivity index (χ3v) is 8.30. The van der Waals surface area contributed by atoms with Crippen LogP contribution >= 0.6 is 11.6 Å². The fraction of sp³-hybridized carbons (Fsp3) is 0.161. The Kier molecular flexibility index (Phi) is 8.65. The summed E-state index contributed by atoms with van der Waals surface area (Å²) >= 11 is 6.19. The maximum atomic E-state index is 13.7. The quantitative estimate of drug-likeness (QED) is 0.245. The van der Waals surface area contributed by atoms with Gasteiger partial charge in [0.05, 0.1) is 10.6 Å². The zero-order chi connectivity index (χ0) is 28.2. The number of ketones is 1. The summed E-state index contributed by atoms with van der Waals surface area (Å²) in [6.07, 6.45) is 0.103. The third-order valence-electron chi connectivity index (χ3n) is 6.29. The molecule has 1 amide bonds. The largest absolute Gasteiger partial charge is 0.324 e. The maximum absolute atomic E-state index is 13.7. The van der Waals surface area contributed by atoms with Crippen molar-refractivity contribution >= 4 is 39.0 Å². The van der Waals surface area contributed by atoms with E-state index in [0.717, 1.165) is 11.1 Å². The number of rotatable bonds is 9. The summed E-state index contributed by atoms with van der Waals surface area (Å²) in [6.45, 7) is 5.36. The first-order valence-electron chi connectivity index (χ1n) is 12.4. The molecule has 4 aromatic rings. The van der Waals surface area contributed by atoms with E-state index < -0.39 is 22.0 Å². The van der Waals surface area contributed by atoms with Crippen LogP contribution in [0.4, 0.5) is 5.69 Å². The number of aryl methyl sites for hydroxylation is 3. The molecule has 0 aliphatic rings. The van der Waals surface area contributed by atoms with Gasteiger partial charge in [-0.15, -0.1) is 0 Å². The van der Waals surface area contributed by atoms with Gasteiger partial charge in [0.15, 0.2) is 5.78 Å². The Balaban J connectivity index is 1.69. The van der Waals surface area contributed by atoms with Crippen molar-refractivity contribution in [1.82, 2.24) is 4.72 Å². The molecule has 8 heteroatoms. The lowest BCUT2D eigenvalue weighted by molar-refractivity contribution is -0.117. The summed E-state index contributed by atoms with van der Waals surface area (Å²) in [5.74, 6) is -0.922.